The summed E-state index contributed by atoms with van der Waals surface area (Å²) in [5.74, 6) is 0.806. The minimum Gasteiger partial charge on any atom is -0.365 e. The van der Waals surface area contributed by atoms with Crippen molar-refractivity contribution in [1.29, 1.82) is 0 Å². The lowest BCUT2D eigenvalue weighted by atomic mass is 10.1. The van der Waals surface area contributed by atoms with E-state index in [0.29, 0.717) is 6.04 Å². The first-order chi connectivity index (χ1) is 8.69. The van der Waals surface area contributed by atoms with Gasteiger partial charge in [0.2, 0.25) is 0 Å². The number of hydrogen-bond donors (Lipinski definition) is 1. The fourth-order valence-corrected chi connectivity index (χ4v) is 3.85. The van der Waals surface area contributed by atoms with E-state index in [1.807, 2.05) is 11.8 Å². The van der Waals surface area contributed by atoms with E-state index in [-0.39, 0.29) is 0 Å². The van der Waals surface area contributed by atoms with Crippen molar-refractivity contribution < 1.29 is 0 Å². The van der Waals surface area contributed by atoms with E-state index in [1.165, 1.54) is 37.5 Å². The van der Waals surface area contributed by atoms with Crippen LogP contribution >= 0.6 is 11.8 Å². The van der Waals surface area contributed by atoms with Gasteiger partial charge in [-0.2, -0.15) is 0 Å². The minimum atomic E-state index is 0.696. The van der Waals surface area contributed by atoms with Crippen LogP contribution in [0.2, 0.25) is 0 Å². The molecule has 0 saturated carbocycles. The lowest BCUT2D eigenvalue weighted by molar-refractivity contribution is 0.265. The summed E-state index contributed by atoms with van der Waals surface area (Å²) in [4.78, 5) is 7.18. The van der Waals surface area contributed by atoms with Gasteiger partial charge in [-0.15, -0.1) is 0 Å². The van der Waals surface area contributed by atoms with Crippen LogP contribution in [0.1, 0.15) is 40.0 Å². The molecule has 0 radical (unpaired) electrons. The van der Waals surface area contributed by atoms with Crippen LogP contribution in [0, 0.1) is 5.92 Å². The average Bonchev–Trinajstić information content (AvgIpc) is 2.95. The Kier molecular flexibility index (Phi) is 5.37. The van der Waals surface area contributed by atoms with Crippen LogP contribution < -0.4 is 5.32 Å². The molecule has 0 aromatic heterocycles. The number of nitrogens with one attached hydrogen (secondary N) is 1. The lowest BCUT2D eigenvalue weighted by Gasteiger charge is -2.20. The number of thioether (sulfide) groups is 1. The van der Waals surface area contributed by atoms with Gasteiger partial charge < -0.3 is 10.2 Å². The lowest BCUT2D eigenvalue weighted by Crippen LogP contribution is -2.31. The van der Waals surface area contributed by atoms with E-state index in [1.54, 1.807) is 0 Å². The van der Waals surface area contributed by atoms with Crippen LogP contribution in [0.5, 0.6) is 0 Å². The molecule has 104 valence electrons. The second kappa shape index (κ2) is 6.80. The maximum atomic E-state index is 4.61. The van der Waals surface area contributed by atoms with E-state index < -0.39 is 0 Å². The molecule has 2 atom stereocenters. The van der Waals surface area contributed by atoms with Crippen molar-refractivity contribution in [2.24, 2.45) is 10.9 Å². The molecule has 0 spiro atoms. The molecule has 2 aliphatic heterocycles. The highest BCUT2D eigenvalue weighted by atomic mass is 32.2. The Morgan fingerprint density at radius 2 is 2.33 bits per heavy atom. The van der Waals surface area contributed by atoms with Crippen molar-refractivity contribution >= 4 is 16.9 Å². The maximum Gasteiger partial charge on any atom is 0.156 e. The number of aliphatic imine (C=N–C) groups is 1. The average molecular weight is 269 g/mol. The third kappa shape index (κ3) is 3.89. The molecule has 2 aliphatic rings. The maximum absolute atomic E-state index is 4.61. The predicted molar refractivity (Wildman–Crippen MR) is 81.4 cm³/mol. The molecule has 0 aromatic rings. The summed E-state index contributed by atoms with van der Waals surface area (Å²) in [6, 6.07) is 0.696. The van der Waals surface area contributed by atoms with Crippen molar-refractivity contribution in [3.8, 4) is 0 Å². The second-order valence-electron chi connectivity index (χ2n) is 5.80. The molecule has 2 unspecified atom stereocenters. The summed E-state index contributed by atoms with van der Waals surface area (Å²) in [6.07, 6.45) is 3.90. The summed E-state index contributed by atoms with van der Waals surface area (Å²) < 4.78 is 0. The van der Waals surface area contributed by atoms with Crippen molar-refractivity contribution in [3.05, 3.63) is 0 Å². The van der Waals surface area contributed by atoms with Gasteiger partial charge in [0.15, 0.2) is 5.17 Å². The number of rotatable bonds is 5. The van der Waals surface area contributed by atoms with Crippen molar-refractivity contribution in [2.45, 2.75) is 51.3 Å². The summed E-state index contributed by atoms with van der Waals surface area (Å²) in [5.41, 5.74) is 0. The first kappa shape index (κ1) is 14.2. The van der Waals surface area contributed by atoms with Gasteiger partial charge in [-0.05, 0) is 39.2 Å². The van der Waals surface area contributed by atoms with Gasteiger partial charge in [0.25, 0.3) is 0 Å². The van der Waals surface area contributed by atoms with Crippen molar-refractivity contribution in [3.63, 3.8) is 0 Å². The van der Waals surface area contributed by atoms with E-state index in [2.05, 4.69) is 36.0 Å². The summed E-state index contributed by atoms with van der Waals surface area (Å²) in [7, 11) is 0. The topological polar surface area (TPSA) is 27.6 Å². The van der Waals surface area contributed by atoms with Gasteiger partial charge >= 0.3 is 0 Å². The number of nitrogens with zero attached hydrogens (tertiary/aromatic N) is 2. The molecule has 18 heavy (non-hydrogen) atoms. The molecule has 0 aliphatic carbocycles. The highest BCUT2D eigenvalue weighted by Crippen LogP contribution is 2.24. The second-order valence-corrected chi connectivity index (χ2v) is 7.09. The molecule has 1 saturated heterocycles. The monoisotopic (exact) mass is 269 g/mol. The third-order valence-corrected chi connectivity index (χ3v) is 5.13. The molecule has 1 N–H and O–H groups in total. The van der Waals surface area contributed by atoms with Gasteiger partial charge in [-0.1, -0.05) is 25.1 Å². The third-order valence-electron chi connectivity index (χ3n) is 3.92. The minimum absolute atomic E-state index is 0.696. The summed E-state index contributed by atoms with van der Waals surface area (Å²) in [6.45, 7) is 11.5. The van der Waals surface area contributed by atoms with Crippen LogP contribution in [0.15, 0.2) is 4.99 Å². The summed E-state index contributed by atoms with van der Waals surface area (Å²) >= 11 is 1.95. The zero-order valence-electron chi connectivity index (χ0n) is 12.0. The van der Waals surface area contributed by atoms with Crippen LogP contribution in [-0.4, -0.2) is 47.5 Å². The van der Waals surface area contributed by atoms with Gasteiger partial charge in [0.05, 0.1) is 6.54 Å². The molecule has 1 fully saturated rings. The van der Waals surface area contributed by atoms with Gasteiger partial charge in [-0.3, -0.25) is 4.99 Å². The zero-order valence-corrected chi connectivity index (χ0v) is 12.8. The smallest absolute Gasteiger partial charge is 0.156 e. The van der Waals surface area contributed by atoms with E-state index in [9.17, 15) is 0 Å². The molecular weight excluding hydrogens is 242 g/mol. The highest BCUT2D eigenvalue weighted by Gasteiger charge is 2.25. The van der Waals surface area contributed by atoms with Crippen LogP contribution in [0.3, 0.4) is 0 Å². The Morgan fingerprint density at radius 1 is 1.50 bits per heavy atom. The number of amidine groups is 1. The Bertz CT molecular complexity index is 291. The fourth-order valence-electron chi connectivity index (χ4n) is 2.72. The van der Waals surface area contributed by atoms with E-state index >= 15 is 0 Å². The SMILES string of the molecule is CCCC1CN=C(NCC2CCN(C(C)C)C2)S1. The Balaban J connectivity index is 1.65. The molecular formula is C14H27N3S. The largest absolute Gasteiger partial charge is 0.365 e. The molecule has 2 heterocycles. The normalized spacial score (nSPS) is 29.0. The first-order valence-electron chi connectivity index (χ1n) is 7.38. The predicted octanol–water partition coefficient (Wildman–Crippen LogP) is 2.58. The van der Waals surface area contributed by atoms with E-state index in [4.69, 9.17) is 0 Å². The quantitative estimate of drug-likeness (QED) is 0.831. The molecule has 0 amide bonds. The Hall–Kier alpha value is -0.220. The first-order valence-corrected chi connectivity index (χ1v) is 8.26. The van der Waals surface area contributed by atoms with Gasteiger partial charge in [-0.25, -0.2) is 0 Å². The standard InChI is InChI=1S/C14H27N3S/c1-4-5-13-9-16-14(18-13)15-8-12-6-7-17(10-12)11(2)3/h11-13H,4-10H2,1-3H3,(H,15,16). The van der Waals surface area contributed by atoms with Crippen LogP contribution in [0.25, 0.3) is 0 Å². The van der Waals surface area contributed by atoms with Gasteiger partial charge in [0, 0.05) is 24.4 Å². The van der Waals surface area contributed by atoms with Crippen molar-refractivity contribution in [2.75, 3.05) is 26.2 Å². The van der Waals surface area contributed by atoms with Gasteiger partial charge in [0.1, 0.15) is 0 Å². The van der Waals surface area contributed by atoms with E-state index in [0.717, 1.165) is 24.3 Å². The highest BCUT2D eigenvalue weighted by molar-refractivity contribution is 8.14. The summed E-state index contributed by atoms with van der Waals surface area (Å²) in [5, 5.41) is 5.48. The zero-order chi connectivity index (χ0) is 13.0. The molecule has 0 bridgehead atoms. The number of hydrogen-bond acceptors (Lipinski definition) is 4. The van der Waals surface area contributed by atoms with Crippen LogP contribution in [0.4, 0.5) is 0 Å². The molecule has 3 nitrogen and oxygen atoms in total. The Morgan fingerprint density at radius 3 is 3.00 bits per heavy atom. The molecule has 4 heteroatoms. The van der Waals surface area contributed by atoms with Crippen LogP contribution in [-0.2, 0) is 0 Å². The fraction of sp³-hybridized carbons (Fsp3) is 0.929. The number of likely N-dealkylation sites (tertiary alicyclic amines) is 1. The Labute approximate surface area is 116 Å². The molecule has 0 aromatic carbocycles. The van der Waals surface area contributed by atoms with Crippen molar-refractivity contribution in [1.82, 2.24) is 10.2 Å². The molecule has 2 rings (SSSR count).